The molecule has 0 spiro atoms. The third-order valence-electron chi connectivity index (χ3n) is 5.04. The van der Waals surface area contributed by atoms with Crippen LogP contribution in [0.4, 0.5) is 0 Å². The van der Waals surface area contributed by atoms with Crippen molar-refractivity contribution in [1.82, 2.24) is 0 Å². The molecule has 0 bridgehead atoms. The van der Waals surface area contributed by atoms with Crippen LogP contribution in [-0.4, -0.2) is 6.29 Å². The highest BCUT2D eigenvalue weighted by Gasteiger charge is 1.94. The second-order valence-electron chi connectivity index (χ2n) is 9.18. The minimum absolute atomic E-state index is 0.715. The molecular weight excluding hydrogens is 911 g/mol. The summed E-state index contributed by atoms with van der Waals surface area (Å²) in [6.45, 7) is 8.09. The lowest BCUT2D eigenvalue weighted by Crippen LogP contribution is -1.80. The molecule has 0 heterocycles. The molecule has 43 heavy (non-hydrogen) atoms. The van der Waals surface area contributed by atoms with Gasteiger partial charge in [0.15, 0.2) is 0 Å². The van der Waals surface area contributed by atoms with Crippen molar-refractivity contribution in [2.45, 2.75) is 27.7 Å². The van der Waals surface area contributed by atoms with E-state index >= 15 is 0 Å². The van der Waals surface area contributed by atoms with E-state index in [1.165, 1.54) is 32.4 Å². The molecule has 8 heteroatoms. The van der Waals surface area contributed by atoms with Gasteiger partial charge in [0.25, 0.3) is 0 Å². The lowest BCUT2D eigenvalue weighted by atomic mass is 10.1. The molecule has 0 aliphatic carbocycles. The zero-order valence-corrected chi connectivity index (χ0v) is 32.5. The maximum absolute atomic E-state index is 10.3. The van der Waals surface area contributed by atoms with Gasteiger partial charge in [-0.15, -0.1) is 0 Å². The molecule has 0 aliphatic heterocycles. The van der Waals surface area contributed by atoms with Gasteiger partial charge in [-0.1, -0.05) is 75.9 Å². The first-order valence-electron chi connectivity index (χ1n) is 12.7. The summed E-state index contributed by atoms with van der Waals surface area (Å²) in [5.41, 5.74) is 7.60. The Morgan fingerprint density at radius 2 is 0.884 bits per heavy atom. The second kappa shape index (κ2) is 21.4. The number of hydrogen-bond acceptors (Lipinski definition) is 3. The zero-order chi connectivity index (χ0) is 32.4. The van der Waals surface area contributed by atoms with Crippen molar-refractivity contribution < 1.29 is 4.79 Å². The zero-order valence-electron chi connectivity index (χ0n) is 24.0. The van der Waals surface area contributed by atoms with E-state index in [1.807, 2.05) is 81.5 Å². The largest absolute Gasteiger partial charge is 0.298 e. The summed E-state index contributed by atoms with van der Waals surface area (Å²) in [5.74, 6) is 0. The van der Waals surface area contributed by atoms with Crippen LogP contribution in [0.3, 0.4) is 0 Å². The summed E-state index contributed by atoms with van der Waals surface area (Å²) in [6, 6.07) is 27.9. The van der Waals surface area contributed by atoms with E-state index in [4.69, 9.17) is 10.5 Å². The highest BCUT2D eigenvalue weighted by atomic mass is 127. The van der Waals surface area contributed by atoms with Crippen LogP contribution in [0.15, 0.2) is 103 Å². The van der Waals surface area contributed by atoms with Crippen LogP contribution in [0.25, 0.3) is 12.2 Å². The van der Waals surface area contributed by atoms with E-state index in [-0.39, 0.29) is 0 Å². The number of aldehydes is 1. The summed E-state index contributed by atoms with van der Waals surface area (Å²) in [4.78, 5) is 10.3. The molecule has 4 aromatic rings. The molecule has 0 unspecified atom stereocenters. The maximum Gasteiger partial charge on any atom is 0.150 e. The third-order valence-corrected chi connectivity index (χ3v) is 7.49. The molecule has 0 N–H and O–H groups in total. The summed E-state index contributed by atoms with van der Waals surface area (Å²) in [7, 11) is 0. The fourth-order valence-corrected chi connectivity index (χ4v) is 7.14. The Bertz CT molecular complexity index is 1490. The Hall–Kier alpha value is -2.34. The van der Waals surface area contributed by atoms with Crippen molar-refractivity contribution in [3.05, 3.63) is 145 Å². The first kappa shape index (κ1) is 38.7. The van der Waals surface area contributed by atoms with Gasteiger partial charge < -0.3 is 0 Å². The molecular formula is C35H29Br4IN2O. The van der Waals surface area contributed by atoms with Gasteiger partial charge in [-0.25, -0.2) is 0 Å². The molecule has 3 nitrogen and oxygen atoms in total. The molecule has 0 aliphatic rings. The van der Waals surface area contributed by atoms with Crippen molar-refractivity contribution in [2.24, 2.45) is 0 Å². The summed E-state index contributed by atoms with van der Waals surface area (Å²) in [5, 5.41) is 16.6. The Labute approximate surface area is 302 Å². The number of halogens is 5. The number of nitriles is 2. The summed E-state index contributed by atoms with van der Waals surface area (Å²) in [6.07, 6.45) is 7.41. The molecule has 220 valence electrons. The molecule has 0 amide bonds. The monoisotopic (exact) mass is 936 g/mol. The average molecular weight is 940 g/mol. The fourth-order valence-electron chi connectivity index (χ4n) is 3.51. The van der Waals surface area contributed by atoms with Crippen molar-refractivity contribution in [3.8, 4) is 12.1 Å². The quantitative estimate of drug-likeness (QED) is 0.117. The molecule has 0 fully saturated rings. The predicted octanol–water partition coefficient (Wildman–Crippen LogP) is 12.5. The summed E-state index contributed by atoms with van der Waals surface area (Å²) < 4.78 is 5.43. The first-order chi connectivity index (χ1) is 20.3. The van der Waals surface area contributed by atoms with Crippen LogP contribution < -0.4 is 0 Å². The highest BCUT2D eigenvalue weighted by molar-refractivity contribution is 14.1. The minimum Gasteiger partial charge on any atom is -0.298 e. The SMILES string of the molecule is Cc1cc(Br)cc(/C=C/C#N)c1.Cc1cc(Br)cc(Br)c1.Cc1cc(Br)cc(C=O)c1.Cc1cc(I)cc(/C=C/C#N)c1. The van der Waals surface area contributed by atoms with Crippen LogP contribution in [-0.2, 0) is 0 Å². The minimum atomic E-state index is 0.715. The van der Waals surface area contributed by atoms with Gasteiger partial charge >= 0.3 is 0 Å². The number of carbonyl (C=O) groups is 1. The number of hydrogen-bond donors (Lipinski definition) is 0. The lowest BCUT2D eigenvalue weighted by molar-refractivity contribution is 0.112. The van der Waals surface area contributed by atoms with Gasteiger partial charge in [0.1, 0.15) is 6.29 Å². The van der Waals surface area contributed by atoms with Crippen molar-refractivity contribution in [3.63, 3.8) is 0 Å². The fraction of sp³-hybridized carbons (Fsp3) is 0.114. The van der Waals surface area contributed by atoms with E-state index in [1.54, 1.807) is 12.1 Å². The molecule has 0 aromatic heterocycles. The van der Waals surface area contributed by atoms with Crippen molar-refractivity contribution >= 4 is 105 Å². The number of nitrogens with zero attached hydrogens (tertiary/aromatic N) is 2. The smallest absolute Gasteiger partial charge is 0.150 e. The van der Waals surface area contributed by atoms with Crippen molar-refractivity contribution in [2.75, 3.05) is 0 Å². The van der Waals surface area contributed by atoms with Crippen LogP contribution in [0.2, 0.25) is 0 Å². The van der Waals surface area contributed by atoms with Gasteiger partial charge in [-0.05, 0) is 156 Å². The molecule has 4 rings (SSSR count). The van der Waals surface area contributed by atoms with Crippen LogP contribution in [0, 0.1) is 53.9 Å². The van der Waals surface area contributed by atoms with E-state index in [0.717, 1.165) is 40.9 Å². The maximum atomic E-state index is 10.3. The second-order valence-corrected chi connectivity index (χ2v) is 14.1. The van der Waals surface area contributed by atoms with Gasteiger partial charge in [0.05, 0.1) is 12.1 Å². The van der Waals surface area contributed by atoms with Crippen molar-refractivity contribution in [1.29, 1.82) is 10.5 Å². The standard InChI is InChI=1S/C10H8BrN.C10H8IN.C8H7BrO.C7H6Br2/c2*1-8-5-9(3-2-4-12)7-10(11)6-8;1-6-2-7(5-10)4-8(9)3-6;1-5-2-6(8)4-7(9)3-5/h2*2-3,5-7H,1H3;2-5H,1H3;2-4H,1H3/b2*3-2+;;. The van der Waals surface area contributed by atoms with Gasteiger partial charge in [-0.3, -0.25) is 4.79 Å². The molecule has 4 aromatic carbocycles. The van der Waals surface area contributed by atoms with Crippen LogP contribution >= 0.6 is 86.3 Å². The van der Waals surface area contributed by atoms with E-state index in [2.05, 4.69) is 117 Å². The number of carbonyl (C=O) groups excluding carboxylic acids is 1. The predicted molar refractivity (Wildman–Crippen MR) is 203 cm³/mol. The van der Waals surface area contributed by atoms with E-state index in [9.17, 15) is 4.79 Å². The average Bonchev–Trinajstić information content (AvgIpc) is 2.89. The Morgan fingerprint density at radius 1 is 0.535 bits per heavy atom. The lowest BCUT2D eigenvalue weighted by Gasteiger charge is -1.97. The third kappa shape index (κ3) is 18.2. The molecule has 0 radical (unpaired) electrons. The number of allylic oxidation sites excluding steroid dienone is 2. The van der Waals surface area contributed by atoms with Gasteiger partial charge in [0.2, 0.25) is 0 Å². The van der Waals surface area contributed by atoms with E-state index in [0.29, 0.717) is 5.56 Å². The molecule has 0 atom stereocenters. The van der Waals surface area contributed by atoms with E-state index < -0.39 is 0 Å². The highest BCUT2D eigenvalue weighted by Crippen LogP contribution is 2.19. The number of aryl methyl sites for hydroxylation is 4. The topological polar surface area (TPSA) is 64.7 Å². The number of rotatable bonds is 3. The van der Waals surface area contributed by atoms with Gasteiger partial charge in [0, 0.05) is 39.2 Å². The molecule has 0 saturated heterocycles. The van der Waals surface area contributed by atoms with Gasteiger partial charge in [-0.2, -0.15) is 10.5 Å². The summed E-state index contributed by atoms with van der Waals surface area (Å²) >= 11 is 15.7. The Morgan fingerprint density at radius 3 is 1.26 bits per heavy atom. The van der Waals surface area contributed by atoms with Crippen LogP contribution in [0.5, 0.6) is 0 Å². The Balaban J connectivity index is 0.000000289. The molecule has 0 saturated carbocycles. The first-order valence-corrected chi connectivity index (χ1v) is 16.9. The Kier molecular flexibility index (Phi) is 19.2. The van der Waals surface area contributed by atoms with Crippen LogP contribution in [0.1, 0.15) is 43.7 Å². The number of benzene rings is 4. The normalized spacial score (nSPS) is 9.84.